The maximum absolute atomic E-state index is 12.0. The summed E-state index contributed by atoms with van der Waals surface area (Å²) < 4.78 is 0. The molecule has 1 unspecified atom stereocenters. The summed E-state index contributed by atoms with van der Waals surface area (Å²) in [4.78, 5) is 26.0. The van der Waals surface area contributed by atoms with E-state index in [-0.39, 0.29) is 22.9 Å². The molecular formula is C16H18N2O2. The predicted molar refractivity (Wildman–Crippen MR) is 78.9 cm³/mol. The first-order valence-corrected chi connectivity index (χ1v) is 6.73. The maximum Gasteiger partial charge on any atom is 0.260 e. The number of carbonyl (C=O) groups is 1. The van der Waals surface area contributed by atoms with Crippen molar-refractivity contribution in [2.75, 3.05) is 6.54 Å². The first kappa shape index (κ1) is 14.1. The van der Waals surface area contributed by atoms with Gasteiger partial charge in [-0.15, -0.1) is 0 Å². The van der Waals surface area contributed by atoms with Gasteiger partial charge in [0.2, 0.25) is 0 Å². The van der Waals surface area contributed by atoms with E-state index in [1.165, 1.54) is 17.8 Å². The number of H-pyrrole nitrogens is 1. The van der Waals surface area contributed by atoms with Crippen molar-refractivity contribution < 1.29 is 4.79 Å². The van der Waals surface area contributed by atoms with Crippen LogP contribution in [0.5, 0.6) is 0 Å². The largest absolute Gasteiger partial charge is 0.351 e. The second-order valence-electron chi connectivity index (χ2n) is 4.64. The molecule has 0 radical (unpaired) electrons. The lowest BCUT2D eigenvalue weighted by Gasteiger charge is -2.16. The van der Waals surface area contributed by atoms with Gasteiger partial charge in [-0.2, -0.15) is 0 Å². The van der Waals surface area contributed by atoms with Gasteiger partial charge in [0.25, 0.3) is 11.5 Å². The van der Waals surface area contributed by atoms with Crippen LogP contribution in [0.15, 0.2) is 53.5 Å². The normalized spacial score (nSPS) is 11.8. The summed E-state index contributed by atoms with van der Waals surface area (Å²) >= 11 is 0. The van der Waals surface area contributed by atoms with Gasteiger partial charge in [-0.1, -0.05) is 37.3 Å². The molecule has 4 nitrogen and oxygen atoms in total. The van der Waals surface area contributed by atoms with E-state index >= 15 is 0 Å². The lowest BCUT2D eigenvalue weighted by atomic mass is 9.96. The van der Waals surface area contributed by atoms with Gasteiger partial charge in [-0.05, 0) is 24.1 Å². The molecule has 104 valence electrons. The molecule has 2 aromatic rings. The van der Waals surface area contributed by atoms with Crippen LogP contribution >= 0.6 is 0 Å². The van der Waals surface area contributed by atoms with Crippen molar-refractivity contribution in [3.8, 4) is 0 Å². The summed E-state index contributed by atoms with van der Waals surface area (Å²) in [6.07, 6.45) is 2.44. The van der Waals surface area contributed by atoms with Gasteiger partial charge in [0.1, 0.15) is 5.56 Å². The number of hydrogen-bond acceptors (Lipinski definition) is 2. The van der Waals surface area contributed by atoms with Crippen LogP contribution in [0, 0.1) is 0 Å². The molecule has 1 atom stereocenters. The van der Waals surface area contributed by atoms with Crippen molar-refractivity contribution in [1.29, 1.82) is 0 Å². The number of benzene rings is 1. The first-order chi connectivity index (χ1) is 9.72. The Morgan fingerprint density at radius 3 is 2.60 bits per heavy atom. The fourth-order valence-corrected chi connectivity index (χ4v) is 2.13. The highest BCUT2D eigenvalue weighted by Gasteiger charge is 2.13. The van der Waals surface area contributed by atoms with Crippen LogP contribution in [0.4, 0.5) is 0 Å². The summed E-state index contributed by atoms with van der Waals surface area (Å²) in [6, 6.07) is 13.2. The van der Waals surface area contributed by atoms with E-state index in [2.05, 4.69) is 29.4 Å². The number of carbonyl (C=O) groups excluding carboxylic acids is 1. The second kappa shape index (κ2) is 6.70. The third-order valence-electron chi connectivity index (χ3n) is 3.34. The minimum Gasteiger partial charge on any atom is -0.351 e. The van der Waals surface area contributed by atoms with E-state index in [1.807, 2.05) is 18.2 Å². The van der Waals surface area contributed by atoms with Crippen LogP contribution in [-0.2, 0) is 0 Å². The molecule has 0 fully saturated rings. The Kier molecular flexibility index (Phi) is 4.71. The monoisotopic (exact) mass is 270 g/mol. The molecule has 1 aromatic heterocycles. The van der Waals surface area contributed by atoms with E-state index in [0.717, 1.165) is 6.42 Å². The van der Waals surface area contributed by atoms with Crippen LogP contribution in [0.25, 0.3) is 0 Å². The van der Waals surface area contributed by atoms with Crippen molar-refractivity contribution in [2.24, 2.45) is 0 Å². The smallest absolute Gasteiger partial charge is 0.260 e. The van der Waals surface area contributed by atoms with Gasteiger partial charge < -0.3 is 10.3 Å². The van der Waals surface area contributed by atoms with Gasteiger partial charge in [0.05, 0.1) is 0 Å². The second-order valence-corrected chi connectivity index (χ2v) is 4.64. The van der Waals surface area contributed by atoms with Crippen molar-refractivity contribution in [3.63, 3.8) is 0 Å². The molecule has 1 heterocycles. The van der Waals surface area contributed by atoms with Crippen LogP contribution < -0.4 is 10.9 Å². The molecule has 20 heavy (non-hydrogen) atoms. The molecule has 0 saturated carbocycles. The van der Waals surface area contributed by atoms with E-state index in [9.17, 15) is 9.59 Å². The summed E-state index contributed by atoms with van der Waals surface area (Å²) in [7, 11) is 0. The average molecular weight is 270 g/mol. The number of aromatic nitrogens is 1. The standard InChI is InChI=1S/C16H18N2O2/c1-2-12(13-7-4-3-5-8-13)11-18-16(20)14-9-6-10-17-15(14)19/h3-10,12H,2,11H2,1H3,(H,17,19)(H,18,20). The Bertz CT molecular complexity index is 620. The predicted octanol–water partition coefficient (Wildman–Crippen LogP) is 2.30. The van der Waals surface area contributed by atoms with Crippen LogP contribution in [0.1, 0.15) is 35.2 Å². The molecule has 0 aliphatic heterocycles. The van der Waals surface area contributed by atoms with Crippen molar-refractivity contribution in [2.45, 2.75) is 19.3 Å². The van der Waals surface area contributed by atoms with Crippen LogP contribution in [-0.4, -0.2) is 17.4 Å². The van der Waals surface area contributed by atoms with Gasteiger partial charge in [-0.25, -0.2) is 0 Å². The Labute approximate surface area is 117 Å². The molecule has 2 N–H and O–H groups in total. The van der Waals surface area contributed by atoms with E-state index in [0.29, 0.717) is 6.54 Å². The maximum atomic E-state index is 12.0. The molecule has 0 aliphatic carbocycles. The number of nitrogens with one attached hydrogen (secondary N) is 2. The third kappa shape index (κ3) is 3.35. The molecular weight excluding hydrogens is 252 g/mol. The summed E-state index contributed by atoms with van der Waals surface area (Å²) in [5.74, 6) is -0.0795. The van der Waals surface area contributed by atoms with E-state index in [4.69, 9.17) is 0 Å². The van der Waals surface area contributed by atoms with Crippen molar-refractivity contribution in [1.82, 2.24) is 10.3 Å². The van der Waals surface area contributed by atoms with Crippen LogP contribution in [0.3, 0.4) is 0 Å². The van der Waals surface area contributed by atoms with Gasteiger partial charge in [-0.3, -0.25) is 9.59 Å². The molecule has 0 aliphatic rings. The Morgan fingerprint density at radius 2 is 1.95 bits per heavy atom. The minimum absolute atomic E-state index is 0.149. The van der Waals surface area contributed by atoms with Crippen molar-refractivity contribution in [3.05, 3.63) is 70.1 Å². The highest BCUT2D eigenvalue weighted by molar-refractivity contribution is 5.93. The fourth-order valence-electron chi connectivity index (χ4n) is 2.13. The van der Waals surface area contributed by atoms with Gasteiger partial charge in [0, 0.05) is 18.7 Å². The molecule has 0 spiro atoms. The molecule has 2 rings (SSSR count). The fraction of sp³-hybridized carbons (Fsp3) is 0.250. The SMILES string of the molecule is CCC(CNC(=O)c1ccc[nH]c1=O)c1ccccc1. The summed E-state index contributed by atoms with van der Waals surface area (Å²) in [5, 5.41) is 2.83. The number of aromatic amines is 1. The minimum atomic E-state index is -0.363. The number of hydrogen-bond donors (Lipinski definition) is 2. The van der Waals surface area contributed by atoms with Crippen LogP contribution in [0.2, 0.25) is 0 Å². The Morgan fingerprint density at radius 1 is 1.20 bits per heavy atom. The molecule has 0 bridgehead atoms. The molecule has 1 aromatic carbocycles. The number of pyridine rings is 1. The molecule has 0 saturated heterocycles. The average Bonchev–Trinajstić information content (AvgIpc) is 2.49. The highest BCUT2D eigenvalue weighted by atomic mass is 16.2. The zero-order valence-electron chi connectivity index (χ0n) is 11.4. The topological polar surface area (TPSA) is 62.0 Å². The number of amides is 1. The Balaban J connectivity index is 2.03. The summed E-state index contributed by atoms with van der Waals surface area (Å²) in [6.45, 7) is 2.60. The summed E-state index contributed by atoms with van der Waals surface area (Å²) in [5.41, 5.74) is 0.977. The number of rotatable bonds is 5. The zero-order chi connectivity index (χ0) is 14.4. The van der Waals surface area contributed by atoms with Gasteiger partial charge >= 0.3 is 0 Å². The lowest BCUT2D eigenvalue weighted by Crippen LogP contribution is -2.32. The zero-order valence-corrected chi connectivity index (χ0v) is 11.4. The molecule has 4 heteroatoms. The Hall–Kier alpha value is -2.36. The van der Waals surface area contributed by atoms with Gasteiger partial charge in [0.15, 0.2) is 0 Å². The van der Waals surface area contributed by atoms with Crippen molar-refractivity contribution >= 4 is 5.91 Å². The van der Waals surface area contributed by atoms with E-state index < -0.39 is 0 Å². The highest BCUT2D eigenvalue weighted by Crippen LogP contribution is 2.17. The first-order valence-electron chi connectivity index (χ1n) is 6.73. The lowest BCUT2D eigenvalue weighted by molar-refractivity contribution is 0.0949. The molecule has 1 amide bonds. The quantitative estimate of drug-likeness (QED) is 0.875. The van der Waals surface area contributed by atoms with E-state index in [1.54, 1.807) is 6.07 Å². The third-order valence-corrected chi connectivity index (χ3v) is 3.34.